The Morgan fingerprint density at radius 2 is 1.86 bits per heavy atom. The van der Waals surface area contributed by atoms with E-state index in [-0.39, 0.29) is 17.5 Å². The van der Waals surface area contributed by atoms with Gasteiger partial charge in [-0.1, -0.05) is 20.3 Å². The summed E-state index contributed by atoms with van der Waals surface area (Å²) >= 11 is 0. The van der Waals surface area contributed by atoms with Gasteiger partial charge in [-0.25, -0.2) is 13.2 Å². The lowest BCUT2D eigenvalue weighted by Crippen LogP contribution is -2.47. The van der Waals surface area contributed by atoms with E-state index in [4.69, 9.17) is 0 Å². The molecule has 2 rings (SSSR count). The molecule has 1 aromatic carbocycles. The molecule has 0 spiro atoms. The highest BCUT2D eigenvalue weighted by molar-refractivity contribution is 5.24. The van der Waals surface area contributed by atoms with Crippen LogP contribution in [0.25, 0.3) is 0 Å². The molecule has 2 nitrogen and oxygen atoms in total. The first kappa shape index (κ1) is 16.3. The van der Waals surface area contributed by atoms with E-state index in [9.17, 15) is 13.2 Å². The van der Waals surface area contributed by atoms with Gasteiger partial charge in [-0.3, -0.25) is 4.90 Å². The summed E-state index contributed by atoms with van der Waals surface area (Å²) in [6.45, 7) is 7.24. The van der Waals surface area contributed by atoms with E-state index in [1.807, 2.05) is 6.92 Å². The quantitative estimate of drug-likeness (QED) is 0.838. The van der Waals surface area contributed by atoms with E-state index >= 15 is 0 Å². The van der Waals surface area contributed by atoms with Crippen molar-refractivity contribution in [3.8, 4) is 0 Å². The van der Waals surface area contributed by atoms with Gasteiger partial charge in [0.2, 0.25) is 0 Å². The van der Waals surface area contributed by atoms with Gasteiger partial charge in [-0.05, 0) is 18.4 Å². The minimum absolute atomic E-state index is 0.142. The van der Waals surface area contributed by atoms with Gasteiger partial charge in [0.05, 0.1) is 0 Å². The Labute approximate surface area is 124 Å². The zero-order valence-electron chi connectivity index (χ0n) is 12.6. The van der Waals surface area contributed by atoms with Crippen LogP contribution in [0.4, 0.5) is 13.2 Å². The van der Waals surface area contributed by atoms with E-state index in [1.54, 1.807) is 0 Å². The zero-order chi connectivity index (χ0) is 15.4. The maximum Gasteiger partial charge on any atom is 0.163 e. The molecule has 1 fully saturated rings. The minimum atomic E-state index is -1.10. The predicted octanol–water partition coefficient (Wildman–Crippen LogP) is 3.49. The fraction of sp³-hybridized carbons (Fsp3) is 0.625. The van der Waals surface area contributed by atoms with Gasteiger partial charge in [0.25, 0.3) is 0 Å². The van der Waals surface area contributed by atoms with E-state index in [2.05, 4.69) is 17.1 Å². The van der Waals surface area contributed by atoms with E-state index < -0.39 is 17.5 Å². The Kier molecular flexibility index (Phi) is 5.65. The van der Waals surface area contributed by atoms with Crippen LogP contribution in [0.3, 0.4) is 0 Å². The summed E-state index contributed by atoms with van der Waals surface area (Å²) in [5, 5.41) is 3.25. The second kappa shape index (κ2) is 7.27. The molecule has 1 N–H and O–H groups in total. The highest BCUT2D eigenvalue weighted by Crippen LogP contribution is 2.34. The molecule has 1 heterocycles. The molecule has 0 aromatic heterocycles. The van der Waals surface area contributed by atoms with Crippen molar-refractivity contribution in [2.24, 2.45) is 5.92 Å². The molecule has 1 aromatic rings. The Morgan fingerprint density at radius 1 is 1.19 bits per heavy atom. The molecular formula is C16H23F3N2. The number of nitrogens with one attached hydrogen (secondary N) is 1. The topological polar surface area (TPSA) is 15.3 Å². The lowest BCUT2D eigenvalue weighted by Gasteiger charge is -2.38. The highest BCUT2D eigenvalue weighted by Gasteiger charge is 2.30. The second-order valence-corrected chi connectivity index (χ2v) is 5.79. The van der Waals surface area contributed by atoms with Crippen LogP contribution in [0.1, 0.15) is 38.3 Å². The van der Waals surface area contributed by atoms with Crippen LogP contribution >= 0.6 is 0 Å². The summed E-state index contributed by atoms with van der Waals surface area (Å²) in [7, 11) is 0. The van der Waals surface area contributed by atoms with Crippen molar-refractivity contribution in [2.45, 2.75) is 32.7 Å². The molecule has 0 aliphatic carbocycles. The maximum atomic E-state index is 14.2. The molecule has 0 saturated carbocycles. The SMILES string of the molecule is CCCC(C)[C@H](c1cc(F)cc(F)c1F)N1CCNCC1. The minimum Gasteiger partial charge on any atom is -0.314 e. The summed E-state index contributed by atoms with van der Waals surface area (Å²) in [4.78, 5) is 2.13. The van der Waals surface area contributed by atoms with Crippen LogP contribution in [-0.2, 0) is 0 Å². The molecule has 1 aliphatic heterocycles. The van der Waals surface area contributed by atoms with Crippen LogP contribution in [0, 0.1) is 23.4 Å². The van der Waals surface area contributed by atoms with E-state index in [1.165, 1.54) is 0 Å². The molecule has 1 aliphatic rings. The summed E-state index contributed by atoms with van der Waals surface area (Å²) in [5.74, 6) is -2.59. The maximum absolute atomic E-state index is 14.2. The standard InChI is InChI=1S/C16H23F3N2/c1-3-4-11(2)16(21-7-5-20-6-8-21)13-9-12(17)10-14(18)15(13)19/h9-11,16,20H,3-8H2,1-2H3/t11?,16-/m1/s1. The number of piperazine rings is 1. The van der Waals surface area contributed by atoms with Crippen molar-refractivity contribution in [3.63, 3.8) is 0 Å². The fourth-order valence-electron chi connectivity index (χ4n) is 3.23. The fourth-order valence-corrected chi connectivity index (χ4v) is 3.23. The molecule has 0 amide bonds. The molecule has 0 bridgehead atoms. The van der Waals surface area contributed by atoms with Crippen LogP contribution in [0.5, 0.6) is 0 Å². The monoisotopic (exact) mass is 300 g/mol. The lowest BCUT2D eigenvalue weighted by atomic mass is 9.88. The third-order valence-electron chi connectivity index (χ3n) is 4.17. The van der Waals surface area contributed by atoms with Crippen molar-refractivity contribution < 1.29 is 13.2 Å². The molecule has 5 heteroatoms. The van der Waals surface area contributed by atoms with Crippen LogP contribution in [-0.4, -0.2) is 31.1 Å². The normalized spacial score (nSPS) is 19.5. The second-order valence-electron chi connectivity index (χ2n) is 5.79. The van der Waals surface area contributed by atoms with Gasteiger partial charge in [-0.15, -0.1) is 0 Å². The first-order valence-corrected chi connectivity index (χ1v) is 7.63. The Morgan fingerprint density at radius 3 is 2.48 bits per heavy atom. The van der Waals surface area contributed by atoms with Crippen LogP contribution < -0.4 is 5.32 Å². The molecular weight excluding hydrogens is 277 g/mol. The molecule has 2 atom stereocenters. The number of halogens is 3. The van der Waals surface area contributed by atoms with E-state index in [0.717, 1.165) is 45.1 Å². The third-order valence-corrected chi connectivity index (χ3v) is 4.17. The molecule has 1 unspecified atom stereocenters. The third kappa shape index (κ3) is 3.77. The molecule has 0 radical (unpaired) electrons. The Hall–Kier alpha value is -1.07. The first-order valence-electron chi connectivity index (χ1n) is 7.63. The Bertz CT molecular complexity index is 473. The molecule has 21 heavy (non-hydrogen) atoms. The van der Waals surface area contributed by atoms with Gasteiger partial charge < -0.3 is 5.32 Å². The zero-order valence-corrected chi connectivity index (χ0v) is 12.6. The summed E-state index contributed by atoms with van der Waals surface area (Å²) < 4.78 is 41.3. The summed E-state index contributed by atoms with van der Waals surface area (Å²) in [6.07, 6.45) is 1.86. The van der Waals surface area contributed by atoms with Crippen molar-refractivity contribution in [2.75, 3.05) is 26.2 Å². The van der Waals surface area contributed by atoms with Crippen molar-refractivity contribution in [1.29, 1.82) is 0 Å². The van der Waals surface area contributed by atoms with Gasteiger partial charge in [0.15, 0.2) is 11.6 Å². The van der Waals surface area contributed by atoms with Gasteiger partial charge in [0, 0.05) is 43.9 Å². The number of hydrogen-bond donors (Lipinski definition) is 1. The number of nitrogens with zero attached hydrogens (tertiary/aromatic N) is 1. The van der Waals surface area contributed by atoms with Gasteiger partial charge in [0.1, 0.15) is 5.82 Å². The summed E-state index contributed by atoms with van der Waals surface area (Å²) in [5.41, 5.74) is 0.148. The average Bonchev–Trinajstić information content (AvgIpc) is 2.46. The van der Waals surface area contributed by atoms with E-state index in [0.29, 0.717) is 6.07 Å². The summed E-state index contributed by atoms with van der Waals surface area (Å²) in [6, 6.07) is 1.48. The largest absolute Gasteiger partial charge is 0.314 e. The Balaban J connectivity index is 2.38. The smallest absolute Gasteiger partial charge is 0.163 e. The molecule has 1 saturated heterocycles. The van der Waals surface area contributed by atoms with Gasteiger partial charge in [-0.2, -0.15) is 0 Å². The van der Waals surface area contributed by atoms with Crippen molar-refractivity contribution >= 4 is 0 Å². The van der Waals surface area contributed by atoms with Gasteiger partial charge >= 0.3 is 0 Å². The number of benzene rings is 1. The predicted molar refractivity (Wildman–Crippen MR) is 77.6 cm³/mol. The first-order chi connectivity index (χ1) is 10.0. The van der Waals surface area contributed by atoms with Crippen molar-refractivity contribution in [1.82, 2.24) is 10.2 Å². The average molecular weight is 300 g/mol. The highest BCUT2D eigenvalue weighted by atomic mass is 19.2. The number of hydrogen-bond acceptors (Lipinski definition) is 2. The molecule has 118 valence electrons. The number of rotatable bonds is 5. The van der Waals surface area contributed by atoms with Crippen LogP contribution in [0.2, 0.25) is 0 Å². The lowest BCUT2D eigenvalue weighted by molar-refractivity contribution is 0.122. The van der Waals surface area contributed by atoms with Crippen LogP contribution in [0.15, 0.2) is 12.1 Å². The van der Waals surface area contributed by atoms with Crippen molar-refractivity contribution in [3.05, 3.63) is 35.1 Å².